The number of fused-ring (bicyclic) bond motifs is 1. The molecule has 27 heavy (non-hydrogen) atoms. The highest BCUT2D eigenvalue weighted by molar-refractivity contribution is 6.22. The third-order valence-corrected chi connectivity index (χ3v) is 4.36. The minimum Gasteiger partial charge on any atom is -0.506 e. The summed E-state index contributed by atoms with van der Waals surface area (Å²) in [4.78, 5) is 38.5. The SMILES string of the molecule is COCCCN1C(=O)c2ccc(C(=O)Nc3ccc(C)cc3O)cc2C1=O. The van der Waals surface area contributed by atoms with Crippen molar-refractivity contribution in [2.45, 2.75) is 13.3 Å². The van der Waals surface area contributed by atoms with E-state index in [0.29, 0.717) is 13.0 Å². The number of methoxy groups -OCH3 is 1. The van der Waals surface area contributed by atoms with Crippen molar-refractivity contribution in [1.82, 2.24) is 4.90 Å². The molecule has 3 rings (SSSR count). The Kier molecular flexibility index (Phi) is 5.23. The fourth-order valence-corrected chi connectivity index (χ4v) is 2.94. The zero-order valence-corrected chi connectivity index (χ0v) is 15.1. The van der Waals surface area contributed by atoms with Gasteiger partial charge in [0.15, 0.2) is 0 Å². The number of carbonyl (C=O) groups is 3. The first-order chi connectivity index (χ1) is 12.9. The number of hydrogen-bond donors (Lipinski definition) is 2. The quantitative estimate of drug-likeness (QED) is 0.464. The molecule has 0 fully saturated rings. The van der Waals surface area contributed by atoms with Crippen LogP contribution in [0.2, 0.25) is 0 Å². The number of aryl methyl sites for hydroxylation is 1. The molecule has 2 N–H and O–H groups in total. The highest BCUT2D eigenvalue weighted by Gasteiger charge is 2.35. The number of amides is 3. The van der Waals surface area contributed by atoms with Gasteiger partial charge in [0.05, 0.1) is 16.8 Å². The van der Waals surface area contributed by atoms with Crippen molar-refractivity contribution in [2.75, 3.05) is 25.6 Å². The molecule has 0 radical (unpaired) electrons. The van der Waals surface area contributed by atoms with Crippen LogP contribution in [-0.4, -0.2) is 48.0 Å². The van der Waals surface area contributed by atoms with Crippen molar-refractivity contribution < 1.29 is 24.2 Å². The van der Waals surface area contributed by atoms with E-state index in [1.807, 2.05) is 6.92 Å². The smallest absolute Gasteiger partial charge is 0.261 e. The Morgan fingerprint density at radius 2 is 1.85 bits per heavy atom. The van der Waals surface area contributed by atoms with Crippen LogP contribution in [0.4, 0.5) is 5.69 Å². The third-order valence-electron chi connectivity index (χ3n) is 4.36. The minimum absolute atomic E-state index is 0.0416. The maximum Gasteiger partial charge on any atom is 0.261 e. The lowest BCUT2D eigenvalue weighted by atomic mass is 10.1. The summed E-state index contributed by atoms with van der Waals surface area (Å²) in [7, 11) is 1.55. The molecule has 2 aromatic rings. The number of benzene rings is 2. The number of carbonyl (C=O) groups excluding carboxylic acids is 3. The molecular weight excluding hydrogens is 348 g/mol. The van der Waals surface area contributed by atoms with Gasteiger partial charge >= 0.3 is 0 Å². The number of ether oxygens (including phenoxy) is 1. The van der Waals surface area contributed by atoms with Crippen LogP contribution >= 0.6 is 0 Å². The molecule has 1 heterocycles. The number of anilines is 1. The molecule has 1 aliphatic rings. The minimum atomic E-state index is -0.477. The van der Waals surface area contributed by atoms with Gasteiger partial charge in [-0.15, -0.1) is 0 Å². The molecular formula is C20H20N2O5. The monoisotopic (exact) mass is 368 g/mol. The normalized spacial score (nSPS) is 13.0. The van der Waals surface area contributed by atoms with Gasteiger partial charge in [-0.1, -0.05) is 6.07 Å². The Balaban J connectivity index is 1.80. The Morgan fingerprint density at radius 3 is 2.56 bits per heavy atom. The summed E-state index contributed by atoms with van der Waals surface area (Å²) in [6.07, 6.45) is 0.544. The second-order valence-corrected chi connectivity index (χ2v) is 6.34. The Labute approximate surface area is 156 Å². The van der Waals surface area contributed by atoms with Gasteiger partial charge in [-0.2, -0.15) is 0 Å². The molecule has 7 heteroatoms. The van der Waals surface area contributed by atoms with Gasteiger partial charge in [-0.3, -0.25) is 19.3 Å². The number of hydrogen-bond acceptors (Lipinski definition) is 5. The zero-order chi connectivity index (χ0) is 19.6. The second kappa shape index (κ2) is 7.59. The van der Waals surface area contributed by atoms with Crippen molar-refractivity contribution in [3.8, 4) is 5.75 Å². The van der Waals surface area contributed by atoms with Crippen molar-refractivity contribution in [3.05, 3.63) is 58.7 Å². The summed E-state index contributed by atoms with van der Waals surface area (Å²) in [6.45, 7) is 2.53. The standard InChI is InChI=1S/C20H20N2O5/c1-12-4-7-16(17(23)10-12)21-18(24)13-5-6-14-15(11-13)20(26)22(19(14)25)8-3-9-27-2/h4-7,10-11,23H,3,8-9H2,1-2H3,(H,21,24). The van der Waals surface area contributed by atoms with Crippen LogP contribution in [0.5, 0.6) is 5.75 Å². The fraction of sp³-hybridized carbons (Fsp3) is 0.250. The average Bonchev–Trinajstić information content (AvgIpc) is 2.88. The number of nitrogens with zero attached hydrogens (tertiary/aromatic N) is 1. The lowest BCUT2D eigenvalue weighted by Crippen LogP contribution is -2.31. The predicted molar refractivity (Wildman–Crippen MR) is 99.1 cm³/mol. The lowest BCUT2D eigenvalue weighted by molar-refractivity contribution is 0.0638. The zero-order valence-electron chi connectivity index (χ0n) is 15.1. The van der Waals surface area contributed by atoms with E-state index in [0.717, 1.165) is 10.5 Å². The number of nitrogens with one attached hydrogen (secondary N) is 1. The molecule has 0 unspecified atom stereocenters. The van der Waals surface area contributed by atoms with E-state index in [-0.39, 0.29) is 40.6 Å². The number of phenolic OH excluding ortho intramolecular Hbond substituents is 1. The molecule has 2 aromatic carbocycles. The molecule has 0 saturated carbocycles. The van der Waals surface area contributed by atoms with E-state index >= 15 is 0 Å². The van der Waals surface area contributed by atoms with Gasteiger partial charge in [0.25, 0.3) is 17.7 Å². The van der Waals surface area contributed by atoms with Crippen LogP contribution < -0.4 is 5.32 Å². The second-order valence-electron chi connectivity index (χ2n) is 6.34. The summed E-state index contributed by atoms with van der Waals surface area (Å²) in [5, 5.41) is 12.5. The van der Waals surface area contributed by atoms with E-state index in [9.17, 15) is 19.5 Å². The van der Waals surface area contributed by atoms with E-state index in [2.05, 4.69) is 5.32 Å². The maximum absolute atomic E-state index is 12.5. The Bertz CT molecular complexity index is 923. The largest absolute Gasteiger partial charge is 0.506 e. The van der Waals surface area contributed by atoms with Crippen LogP contribution in [0.15, 0.2) is 36.4 Å². The van der Waals surface area contributed by atoms with E-state index in [4.69, 9.17) is 4.74 Å². The predicted octanol–water partition coefficient (Wildman–Crippen LogP) is 2.59. The third kappa shape index (κ3) is 3.68. The highest BCUT2D eigenvalue weighted by Crippen LogP contribution is 2.27. The van der Waals surface area contributed by atoms with Crippen molar-refractivity contribution in [3.63, 3.8) is 0 Å². The van der Waals surface area contributed by atoms with Gasteiger partial charge in [0.1, 0.15) is 5.75 Å². The number of imide groups is 1. The molecule has 0 saturated heterocycles. The molecule has 0 spiro atoms. The molecule has 140 valence electrons. The van der Waals surface area contributed by atoms with Gasteiger partial charge in [0, 0.05) is 25.8 Å². The molecule has 1 aliphatic heterocycles. The topological polar surface area (TPSA) is 95.9 Å². The summed E-state index contributed by atoms with van der Waals surface area (Å²) in [5.41, 5.74) is 1.86. The van der Waals surface area contributed by atoms with Crippen LogP contribution in [0.25, 0.3) is 0 Å². The molecule has 0 bridgehead atoms. The van der Waals surface area contributed by atoms with Gasteiger partial charge in [-0.25, -0.2) is 0 Å². The summed E-state index contributed by atoms with van der Waals surface area (Å²) in [5.74, 6) is -1.30. The molecule has 0 atom stereocenters. The first-order valence-electron chi connectivity index (χ1n) is 8.52. The Morgan fingerprint density at radius 1 is 1.11 bits per heavy atom. The summed E-state index contributed by atoms with van der Waals surface area (Å²) in [6, 6.07) is 9.28. The van der Waals surface area contributed by atoms with Gasteiger partial charge < -0.3 is 15.2 Å². The van der Waals surface area contributed by atoms with Gasteiger partial charge in [0.2, 0.25) is 0 Å². The van der Waals surface area contributed by atoms with Crippen molar-refractivity contribution in [1.29, 1.82) is 0 Å². The van der Waals surface area contributed by atoms with Crippen LogP contribution in [-0.2, 0) is 4.74 Å². The Hall–Kier alpha value is -3.19. The molecule has 0 aromatic heterocycles. The molecule has 3 amide bonds. The van der Waals surface area contributed by atoms with Gasteiger partial charge in [-0.05, 0) is 49.2 Å². The number of rotatable bonds is 6. The first-order valence-corrected chi connectivity index (χ1v) is 8.52. The molecule has 7 nitrogen and oxygen atoms in total. The van der Waals surface area contributed by atoms with E-state index in [1.165, 1.54) is 18.2 Å². The number of phenols is 1. The highest BCUT2D eigenvalue weighted by atomic mass is 16.5. The first kappa shape index (κ1) is 18.6. The van der Waals surface area contributed by atoms with Crippen molar-refractivity contribution in [2.24, 2.45) is 0 Å². The van der Waals surface area contributed by atoms with Crippen LogP contribution in [0, 0.1) is 6.92 Å². The van der Waals surface area contributed by atoms with E-state index in [1.54, 1.807) is 25.3 Å². The lowest BCUT2D eigenvalue weighted by Gasteiger charge is -2.12. The fourth-order valence-electron chi connectivity index (χ4n) is 2.94. The summed E-state index contributed by atoms with van der Waals surface area (Å²) < 4.78 is 4.95. The van der Waals surface area contributed by atoms with E-state index < -0.39 is 11.8 Å². The molecule has 0 aliphatic carbocycles. The average molecular weight is 368 g/mol. The van der Waals surface area contributed by atoms with Crippen molar-refractivity contribution >= 4 is 23.4 Å². The maximum atomic E-state index is 12.5. The van der Waals surface area contributed by atoms with Crippen LogP contribution in [0.1, 0.15) is 43.1 Å². The van der Waals surface area contributed by atoms with Crippen LogP contribution in [0.3, 0.4) is 0 Å². The summed E-state index contributed by atoms with van der Waals surface area (Å²) >= 11 is 0. The number of aromatic hydroxyl groups is 1.